The SMILES string of the molecule is CCNC(=NCCc1nc2ccccc2[nH]1)N1CCN(c2ccccc2)CC1. The van der Waals surface area contributed by atoms with Gasteiger partial charge in [0, 0.05) is 51.4 Å². The smallest absolute Gasteiger partial charge is 0.194 e. The molecule has 0 aliphatic carbocycles. The van der Waals surface area contributed by atoms with Crippen LogP contribution in [0, 0.1) is 0 Å². The van der Waals surface area contributed by atoms with Gasteiger partial charge in [0.15, 0.2) is 5.96 Å². The second-order valence-electron chi connectivity index (χ2n) is 7.00. The van der Waals surface area contributed by atoms with Gasteiger partial charge < -0.3 is 20.1 Å². The molecule has 4 rings (SSSR count). The number of H-pyrrole nitrogens is 1. The lowest BCUT2D eigenvalue weighted by atomic mass is 10.2. The predicted octanol–water partition coefficient (Wildman–Crippen LogP) is 2.89. The number of nitrogens with one attached hydrogen (secondary N) is 2. The van der Waals surface area contributed by atoms with Crippen LogP contribution in [0.25, 0.3) is 11.0 Å². The number of rotatable bonds is 5. The number of piperazine rings is 1. The zero-order valence-corrected chi connectivity index (χ0v) is 16.4. The van der Waals surface area contributed by atoms with Crippen molar-refractivity contribution >= 4 is 22.7 Å². The van der Waals surface area contributed by atoms with Crippen LogP contribution in [0.3, 0.4) is 0 Å². The molecule has 1 aromatic heterocycles. The standard InChI is InChI=1S/C22H28N6/c1-2-23-22(24-13-12-21-25-19-10-6-7-11-20(19)26-21)28-16-14-27(15-17-28)18-8-4-3-5-9-18/h3-11H,2,12-17H2,1H3,(H,23,24)(H,25,26). The summed E-state index contributed by atoms with van der Waals surface area (Å²) in [5, 5.41) is 3.45. The van der Waals surface area contributed by atoms with Gasteiger partial charge >= 0.3 is 0 Å². The van der Waals surface area contributed by atoms with Gasteiger partial charge in [0.2, 0.25) is 0 Å². The van der Waals surface area contributed by atoms with E-state index in [0.717, 1.165) is 68.5 Å². The van der Waals surface area contributed by atoms with Crippen LogP contribution < -0.4 is 10.2 Å². The Morgan fingerprint density at radius 1 is 1.04 bits per heavy atom. The van der Waals surface area contributed by atoms with Crippen molar-refractivity contribution in [2.45, 2.75) is 13.3 Å². The molecule has 2 heterocycles. The Labute approximate surface area is 166 Å². The molecular weight excluding hydrogens is 348 g/mol. The highest BCUT2D eigenvalue weighted by atomic mass is 15.3. The van der Waals surface area contributed by atoms with Crippen LogP contribution in [0.2, 0.25) is 0 Å². The topological polar surface area (TPSA) is 59.6 Å². The number of anilines is 1. The van der Waals surface area contributed by atoms with E-state index in [1.165, 1.54) is 5.69 Å². The molecule has 2 N–H and O–H groups in total. The summed E-state index contributed by atoms with van der Waals surface area (Å²) >= 11 is 0. The maximum absolute atomic E-state index is 4.85. The highest BCUT2D eigenvalue weighted by molar-refractivity contribution is 5.80. The average Bonchev–Trinajstić information content (AvgIpc) is 3.17. The molecular formula is C22H28N6. The molecule has 0 amide bonds. The molecule has 0 atom stereocenters. The normalized spacial score (nSPS) is 15.2. The fraction of sp³-hybridized carbons (Fsp3) is 0.364. The number of benzene rings is 2. The van der Waals surface area contributed by atoms with Gasteiger partial charge in [-0.25, -0.2) is 4.98 Å². The largest absolute Gasteiger partial charge is 0.368 e. The first-order valence-corrected chi connectivity index (χ1v) is 10.1. The van der Waals surface area contributed by atoms with Crippen molar-refractivity contribution in [3.63, 3.8) is 0 Å². The molecule has 1 aliphatic heterocycles. The van der Waals surface area contributed by atoms with Crippen LogP contribution in [0.1, 0.15) is 12.7 Å². The first-order chi connectivity index (χ1) is 13.8. The number of fused-ring (bicyclic) bond motifs is 1. The van der Waals surface area contributed by atoms with Crippen LogP contribution in [-0.4, -0.2) is 60.1 Å². The molecule has 0 saturated carbocycles. The Morgan fingerprint density at radius 2 is 1.79 bits per heavy atom. The van der Waals surface area contributed by atoms with E-state index < -0.39 is 0 Å². The summed E-state index contributed by atoms with van der Waals surface area (Å²) in [6, 6.07) is 18.8. The quantitative estimate of drug-likeness (QED) is 0.531. The van der Waals surface area contributed by atoms with Gasteiger partial charge in [0.25, 0.3) is 0 Å². The molecule has 0 radical (unpaired) electrons. The van der Waals surface area contributed by atoms with Crippen LogP contribution in [-0.2, 0) is 6.42 Å². The second-order valence-corrected chi connectivity index (χ2v) is 7.00. The van der Waals surface area contributed by atoms with Crippen LogP contribution in [0.5, 0.6) is 0 Å². The van der Waals surface area contributed by atoms with Gasteiger partial charge in [0.1, 0.15) is 5.82 Å². The second kappa shape index (κ2) is 8.78. The molecule has 146 valence electrons. The summed E-state index contributed by atoms with van der Waals surface area (Å²) < 4.78 is 0. The molecule has 28 heavy (non-hydrogen) atoms. The minimum atomic E-state index is 0.723. The van der Waals surface area contributed by atoms with Gasteiger partial charge in [0.05, 0.1) is 11.0 Å². The fourth-order valence-corrected chi connectivity index (χ4v) is 3.63. The zero-order chi connectivity index (χ0) is 19.2. The first-order valence-electron chi connectivity index (χ1n) is 10.1. The van der Waals surface area contributed by atoms with Crippen LogP contribution in [0.4, 0.5) is 5.69 Å². The summed E-state index contributed by atoms with van der Waals surface area (Å²) in [4.78, 5) is 17.7. The Hall–Kier alpha value is -3.02. The number of aromatic nitrogens is 2. The lowest BCUT2D eigenvalue weighted by Gasteiger charge is -2.37. The molecule has 3 aromatic rings. The number of para-hydroxylation sites is 3. The third-order valence-corrected chi connectivity index (χ3v) is 5.08. The van der Waals surface area contributed by atoms with Gasteiger partial charge in [-0.05, 0) is 31.2 Å². The van der Waals surface area contributed by atoms with Gasteiger partial charge in [-0.3, -0.25) is 4.99 Å². The van der Waals surface area contributed by atoms with Crippen LogP contribution >= 0.6 is 0 Å². The summed E-state index contributed by atoms with van der Waals surface area (Å²) in [6.45, 7) is 7.70. The number of aromatic amines is 1. The van der Waals surface area contributed by atoms with E-state index in [1.807, 2.05) is 18.2 Å². The summed E-state index contributed by atoms with van der Waals surface area (Å²) in [5.74, 6) is 2.00. The monoisotopic (exact) mass is 376 g/mol. The molecule has 1 aliphatic rings. The van der Waals surface area contributed by atoms with Crippen molar-refractivity contribution < 1.29 is 0 Å². The number of hydrogen-bond acceptors (Lipinski definition) is 3. The Balaban J connectivity index is 1.35. The van der Waals surface area contributed by atoms with Gasteiger partial charge in [-0.1, -0.05) is 30.3 Å². The van der Waals surface area contributed by atoms with E-state index in [1.54, 1.807) is 0 Å². The van der Waals surface area contributed by atoms with E-state index >= 15 is 0 Å². The number of imidazole rings is 1. The van der Waals surface area contributed by atoms with E-state index in [9.17, 15) is 0 Å². The molecule has 6 nitrogen and oxygen atoms in total. The van der Waals surface area contributed by atoms with E-state index in [4.69, 9.17) is 4.99 Å². The maximum atomic E-state index is 4.85. The van der Waals surface area contributed by atoms with Crippen molar-refractivity contribution in [2.75, 3.05) is 44.2 Å². The molecule has 0 unspecified atom stereocenters. The summed E-state index contributed by atoms with van der Waals surface area (Å²) in [6.07, 6.45) is 0.813. The van der Waals surface area contributed by atoms with Crippen molar-refractivity contribution in [1.82, 2.24) is 20.2 Å². The third kappa shape index (κ3) is 4.27. The highest BCUT2D eigenvalue weighted by Crippen LogP contribution is 2.15. The fourth-order valence-electron chi connectivity index (χ4n) is 3.63. The lowest BCUT2D eigenvalue weighted by Crippen LogP contribution is -2.52. The lowest BCUT2D eigenvalue weighted by molar-refractivity contribution is 0.372. The summed E-state index contributed by atoms with van der Waals surface area (Å²) in [5.41, 5.74) is 3.41. The first kappa shape index (κ1) is 18.3. The predicted molar refractivity (Wildman–Crippen MR) is 116 cm³/mol. The third-order valence-electron chi connectivity index (χ3n) is 5.08. The minimum Gasteiger partial charge on any atom is -0.368 e. The number of guanidine groups is 1. The van der Waals surface area contributed by atoms with Crippen LogP contribution in [0.15, 0.2) is 59.6 Å². The minimum absolute atomic E-state index is 0.723. The van der Waals surface area contributed by atoms with Crippen molar-refractivity contribution in [3.8, 4) is 0 Å². The van der Waals surface area contributed by atoms with Gasteiger partial charge in [-0.2, -0.15) is 0 Å². The maximum Gasteiger partial charge on any atom is 0.194 e. The molecule has 2 aromatic carbocycles. The van der Waals surface area contributed by atoms with Crippen molar-refractivity contribution in [1.29, 1.82) is 0 Å². The van der Waals surface area contributed by atoms with Gasteiger partial charge in [-0.15, -0.1) is 0 Å². The molecule has 0 bridgehead atoms. The van der Waals surface area contributed by atoms with E-state index in [-0.39, 0.29) is 0 Å². The number of aliphatic imine (C=N–C) groups is 1. The van der Waals surface area contributed by atoms with E-state index in [0.29, 0.717) is 0 Å². The Morgan fingerprint density at radius 3 is 2.54 bits per heavy atom. The molecule has 1 fully saturated rings. The molecule has 1 saturated heterocycles. The summed E-state index contributed by atoms with van der Waals surface area (Å²) in [7, 11) is 0. The van der Waals surface area contributed by atoms with E-state index in [2.05, 4.69) is 68.4 Å². The highest BCUT2D eigenvalue weighted by Gasteiger charge is 2.19. The Bertz CT molecular complexity index is 876. The molecule has 6 heteroatoms. The van der Waals surface area contributed by atoms with Crippen molar-refractivity contribution in [3.05, 3.63) is 60.4 Å². The van der Waals surface area contributed by atoms with Crippen molar-refractivity contribution in [2.24, 2.45) is 4.99 Å². The average molecular weight is 377 g/mol. The molecule has 0 spiro atoms. The zero-order valence-electron chi connectivity index (χ0n) is 16.4. The number of hydrogen-bond donors (Lipinski definition) is 2. The number of nitrogens with zero attached hydrogens (tertiary/aromatic N) is 4. The Kier molecular flexibility index (Phi) is 5.75.